The molecule has 0 saturated heterocycles. The first-order valence-corrected chi connectivity index (χ1v) is 7.49. The highest BCUT2D eigenvalue weighted by molar-refractivity contribution is 5.10. The maximum Gasteiger partial charge on any atom is -0.0141 e. The molecule has 0 heterocycles. The van der Waals surface area contributed by atoms with E-state index in [9.17, 15) is 0 Å². The predicted octanol–water partition coefficient (Wildman–Crippen LogP) is 6.39. The Kier molecular flexibility index (Phi) is 6.96. The second kappa shape index (κ2) is 7.16. The standard InChI is InChI=1S/C15H26.C3H8/c1-12(2)9-7-8-10-14(3,4)13-11-15(13,5)6;1-3-2/h8,10,13H,1,7,9,11H2,2-6H3;3H2,1-2H3/b10-8+;. The molecule has 0 aromatic heterocycles. The Balaban J connectivity index is 0.000000873. The fourth-order valence-corrected chi connectivity index (χ4v) is 2.57. The van der Waals surface area contributed by atoms with E-state index in [1.165, 1.54) is 18.4 Å². The lowest BCUT2D eigenvalue weighted by Crippen LogP contribution is -2.14. The fourth-order valence-electron chi connectivity index (χ4n) is 2.57. The van der Waals surface area contributed by atoms with Crippen LogP contribution in [0.1, 0.15) is 74.1 Å². The van der Waals surface area contributed by atoms with E-state index in [0.29, 0.717) is 10.8 Å². The highest BCUT2D eigenvalue weighted by Gasteiger charge is 2.52. The van der Waals surface area contributed by atoms with Crippen molar-refractivity contribution >= 4 is 0 Å². The van der Waals surface area contributed by atoms with Crippen molar-refractivity contribution in [2.45, 2.75) is 74.1 Å². The number of rotatable bonds is 5. The summed E-state index contributed by atoms with van der Waals surface area (Å²) in [7, 11) is 0. The monoisotopic (exact) mass is 250 g/mol. The van der Waals surface area contributed by atoms with Gasteiger partial charge in [-0.05, 0) is 42.9 Å². The van der Waals surface area contributed by atoms with Gasteiger partial charge in [0.1, 0.15) is 0 Å². The third-order valence-corrected chi connectivity index (χ3v) is 3.70. The van der Waals surface area contributed by atoms with Gasteiger partial charge < -0.3 is 0 Å². The van der Waals surface area contributed by atoms with Gasteiger partial charge in [0.2, 0.25) is 0 Å². The summed E-state index contributed by atoms with van der Waals surface area (Å²) in [5.41, 5.74) is 2.23. The van der Waals surface area contributed by atoms with Crippen molar-refractivity contribution in [1.82, 2.24) is 0 Å². The Labute approximate surface area is 116 Å². The zero-order valence-corrected chi connectivity index (χ0v) is 13.8. The van der Waals surface area contributed by atoms with Crippen molar-refractivity contribution in [3.05, 3.63) is 24.3 Å². The number of allylic oxidation sites excluding steroid dienone is 3. The van der Waals surface area contributed by atoms with Crippen LogP contribution in [-0.2, 0) is 0 Å². The van der Waals surface area contributed by atoms with Crippen molar-refractivity contribution < 1.29 is 0 Å². The minimum absolute atomic E-state index is 0.374. The molecule has 0 spiro atoms. The Bertz CT molecular complexity index is 278. The Morgan fingerprint density at radius 3 is 2.11 bits per heavy atom. The highest BCUT2D eigenvalue weighted by Crippen LogP contribution is 2.60. The molecule has 0 N–H and O–H groups in total. The van der Waals surface area contributed by atoms with Crippen LogP contribution in [0.4, 0.5) is 0 Å². The minimum Gasteiger partial charge on any atom is -0.100 e. The maximum atomic E-state index is 3.93. The Hall–Kier alpha value is -0.520. The van der Waals surface area contributed by atoms with Crippen molar-refractivity contribution in [3.63, 3.8) is 0 Å². The maximum absolute atomic E-state index is 3.93. The molecule has 1 saturated carbocycles. The molecule has 0 amide bonds. The average Bonchev–Trinajstić information content (AvgIpc) is 2.85. The lowest BCUT2D eigenvalue weighted by molar-refractivity contribution is 0.346. The van der Waals surface area contributed by atoms with Gasteiger partial charge in [-0.1, -0.05) is 65.7 Å². The molecule has 0 heteroatoms. The van der Waals surface area contributed by atoms with Gasteiger partial charge >= 0.3 is 0 Å². The van der Waals surface area contributed by atoms with E-state index in [1.54, 1.807) is 0 Å². The first kappa shape index (κ1) is 17.5. The smallest absolute Gasteiger partial charge is 0.0141 e. The van der Waals surface area contributed by atoms with Crippen LogP contribution in [0.25, 0.3) is 0 Å². The molecule has 0 aromatic carbocycles. The van der Waals surface area contributed by atoms with E-state index in [-0.39, 0.29) is 0 Å². The third-order valence-electron chi connectivity index (χ3n) is 3.70. The molecule has 0 bridgehead atoms. The van der Waals surface area contributed by atoms with Crippen LogP contribution >= 0.6 is 0 Å². The van der Waals surface area contributed by atoms with Gasteiger partial charge in [-0.15, -0.1) is 6.58 Å². The van der Waals surface area contributed by atoms with E-state index in [0.717, 1.165) is 18.8 Å². The predicted molar refractivity (Wildman–Crippen MR) is 84.8 cm³/mol. The summed E-state index contributed by atoms with van der Waals surface area (Å²) in [4.78, 5) is 0. The molecule has 1 aliphatic carbocycles. The topological polar surface area (TPSA) is 0 Å². The van der Waals surface area contributed by atoms with Gasteiger partial charge in [-0.25, -0.2) is 0 Å². The molecule has 0 nitrogen and oxygen atoms in total. The largest absolute Gasteiger partial charge is 0.100 e. The van der Waals surface area contributed by atoms with Gasteiger partial charge in [0.05, 0.1) is 0 Å². The molecule has 0 aliphatic heterocycles. The lowest BCUT2D eigenvalue weighted by Gasteiger charge is -2.22. The molecule has 1 fully saturated rings. The molecule has 1 aliphatic rings. The molecule has 106 valence electrons. The Morgan fingerprint density at radius 2 is 1.78 bits per heavy atom. The second-order valence-electron chi connectivity index (χ2n) is 7.17. The Morgan fingerprint density at radius 1 is 1.33 bits per heavy atom. The summed E-state index contributed by atoms with van der Waals surface area (Å²) in [5, 5.41) is 0. The first-order valence-electron chi connectivity index (χ1n) is 7.49. The normalized spacial score (nSPS) is 21.4. The number of hydrogen-bond acceptors (Lipinski definition) is 0. The summed E-state index contributed by atoms with van der Waals surface area (Å²) >= 11 is 0. The van der Waals surface area contributed by atoms with Crippen LogP contribution in [-0.4, -0.2) is 0 Å². The average molecular weight is 250 g/mol. The van der Waals surface area contributed by atoms with Crippen molar-refractivity contribution in [1.29, 1.82) is 0 Å². The number of hydrogen-bond donors (Lipinski definition) is 0. The third kappa shape index (κ3) is 6.42. The van der Waals surface area contributed by atoms with Gasteiger partial charge in [-0.3, -0.25) is 0 Å². The SMILES string of the molecule is C=C(C)CC/C=C/C(C)(C)C1CC1(C)C.CCC. The van der Waals surface area contributed by atoms with Gasteiger partial charge in [0, 0.05) is 0 Å². The molecule has 18 heavy (non-hydrogen) atoms. The minimum atomic E-state index is 0.374. The second-order valence-corrected chi connectivity index (χ2v) is 7.17. The molecule has 1 atom stereocenters. The fraction of sp³-hybridized carbons (Fsp3) is 0.778. The van der Waals surface area contributed by atoms with E-state index in [1.807, 2.05) is 0 Å². The molecule has 1 rings (SSSR count). The molecule has 0 aromatic rings. The van der Waals surface area contributed by atoms with Crippen molar-refractivity contribution in [3.8, 4) is 0 Å². The molecular formula is C18H34. The summed E-state index contributed by atoms with van der Waals surface area (Å²) in [6, 6.07) is 0. The molecule has 0 radical (unpaired) electrons. The highest BCUT2D eigenvalue weighted by atomic mass is 14.6. The molecular weight excluding hydrogens is 216 g/mol. The van der Waals surface area contributed by atoms with Crippen LogP contribution in [0.15, 0.2) is 24.3 Å². The van der Waals surface area contributed by atoms with Crippen LogP contribution in [0.3, 0.4) is 0 Å². The van der Waals surface area contributed by atoms with Crippen molar-refractivity contribution in [2.75, 3.05) is 0 Å². The van der Waals surface area contributed by atoms with Crippen LogP contribution < -0.4 is 0 Å². The van der Waals surface area contributed by atoms with Crippen LogP contribution in [0, 0.1) is 16.7 Å². The summed E-state index contributed by atoms with van der Waals surface area (Å²) in [5.74, 6) is 0.867. The molecule has 1 unspecified atom stereocenters. The van der Waals surface area contributed by atoms with Crippen LogP contribution in [0.5, 0.6) is 0 Å². The quantitative estimate of drug-likeness (QED) is 0.496. The van der Waals surface area contributed by atoms with Gasteiger partial charge in [0.15, 0.2) is 0 Å². The van der Waals surface area contributed by atoms with E-state index in [2.05, 4.69) is 67.2 Å². The van der Waals surface area contributed by atoms with E-state index < -0.39 is 0 Å². The summed E-state index contributed by atoms with van der Waals surface area (Å²) < 4.78 is 0. The van der Waals surface area contributed by atoms with E-state index in [4.69, 9.17) is 0 Å². The van der Waals surface area contributed by atoms with Gasteiger partial charge in [-0.2, -0.15) is 0 Å². The zero-order valence-electron chi connectivity index (χ0n) is 13.8. The van der Waals surface area contributed by atoms with Crippen LogP contribution in [0.2, 0.25) is 0 Å². The lowest BCUT2D eigenvalue weighted by atomic mass is 9.83. The summed E-state index contributed by atoms with van der Waals surface area (Å²) in [6.07, 6.45) is 9.65. The first-order chi connectivity index (χ1) is 8.17. The van der Waals surface area contributed by atoms with Gasteiger partial charge in [0.25, 0.3) is 0 Å². The zero-order chi connectivity index (χ0) is 14.4. The van der Waals surface area contributed by atoms with E-state index >= 15 is 0 Å². The van der Waals surface area contributed by atoms with Crippen molar-refractivity contribution in [2.24, 2.45) is 16.7 Å². The summed E-state index contributed by atoms with van der Waals surface area (Å²) in [6.45, 7) is 19.8.